The number of hydrogen-bond donors (Lipinski definition) is 2. The van der Waals surface area contributed by atoms with Crippen molar-refractivity contribution in [3.8, 4) is 0 Å². The zero-order chi connectivity index (χ0) is 20.7. The molecule has 28 heavy (non-hydrogen) atoms. The second-order valence-corrected chi connectivity index (χ2v) is 6.93. The molecule has 0 fully saturated rings. The number of hydrogen-bond acceptors (Lipinski definition) is 3. The predicted molar refractivity (Wildman–Crippen MR) is 102 cm³/mol. The van der Waals surface area contributed by atoms with Crippen LogP contribution in [0.3, 0.4) is 0 Å². The molecule has 0 aliphatic carbocycles. The van der Waals surface area contributed by atoms with E-state index in [9.17, 15) is 27.2 Å². The first-order valence-electron chi connectivity index (χ1n) is 8.36. The highest BCUT2D eigenvalue weighted by Crippen LogP contribution is 2.36. The summed E-state index contributed by atoms with van der Waals surface area (Å²) >= 11 is 1.33. The van der Waals surface area contributed by atoms with Gasteiger partial charge in [-0.2, -0.15) is 24.9 Å². The van der Waals surface area contributed by atoms with Gasteiger partial charge in [0.2, 0.25) is 5.91 Å². The molecule has 4 nitrogen and oxygen atoms in total. The van der Waals surface area contributed by atoms with Crippen molar-refractivity contribution >= 4 is 35.0 Å². The van der Waals surface area contributed by atoms with Crippen molar-refractivity contribution in [2.24, 2.45) is 0 Å². The molecule has 2 amide bonds. The maximum Gasteiger partial charge on any atom is 0.418 e. The van der Waals surface area contributed by atoms with Gasteiger partial charge >= 0.3 is 6.18 Å². The maximum absolute atomic E-state index is 13.4. The SMILES string of the molecule is CCCSCC(=O)Nc1ccc(NC(=O)c2ccc(F)cc2)cc1C(F)(F)F. The molecule has 2 rings (SSSR count). The average molecular weight is 414 g/mol. The summed E-state index contributed by atoms with van der Waals surface area (Å²) in [6.45, 7) is 1.94. The van der Waals surface area contributed by atoms with Crippen LogP contribution in [-0.2, 0) is 11.0 Å². The number of rotatable bonds is 7. The molecule has 0 radical (unpaired) electrons. The Morgan fingerprint density at radius 2 is 1.71 bits per heavy atom. The summed E-state index contributed by atoms with van der Waals surface area (Å²) in [5.41, 5.74) is -1.45. The van der Waals surface area contributed by atoms with Gasteiger partial charge in [-0.1, -0.05) is 6.92 Å². The topological polar surface area (TPSA) is 58.2 Å². The van der Waals surface area contributed by atoms with Gasteiger partial charge in [-0.15, -0.1) is 0 Å². The molecule has 150 valence electrons. The fraction of sp³-hybridized carbons (Fsp3) is 0.263. The molecule has 0 aliphatic rings. The lowest BCUT2D eigenvalue weighted by molar-refractivity contribution is -0.136. The number of carbonyl (C=O) groups excluding carboxylic acids is 2. The smallest absolute Gasteiger partial charge is 0.325 e. The van der Waals surface area contributed by atoms with Crippen LogP contribution < -0.4 is 10.6 Å². The van der Waals surface area contributed by atoms with Crippen molar-refractivity contribution < 1.29 is 27.2 Å². The van der Waals surface area contributed by atoms with Gasteiger partial charge in [-0.05, 0) is 54.6 Å². The minimum atomic E-state index is -4.73. The number of carbonyl (C=O) groups is 2. The Morgan fingerprint density at radius 3 is 2.32 bits per heavy atom. The molecule has 2 aromatic carbocycles. The molecule has 0 bridgehead atoms. The molecule has 0 heterocycles. The Kier molecular flexibility index (Phi) is 7.45. The van der Waals surface area contributed by atoms with Crippen molar-refractivity contribution in [2.75, 3.05) is 22.1 Å². The first-order valence-corrected chi connectivity index (χ1v) is 9.52. The summed E-state index contributed by atoms with van der Waals surface area (Å²) in [6, 6.07) is 7.68. The van der Waals surface area contributed by atoms with E-state index in [1.807, 2.05) is 6.92 Å². The van der Waals surface area contributed by atoms with Crippen LogP contribution in [0.15, 0.2) is 42.5 Å². The molecule has 9 heteroatoms. The molecule has 0 saturated heterocycles. The number of anilines is 2. The lowest BCUT2D eigenvalue weighted by atomic mass is 10.1. The second-order valence-electron chi connectivity index (χ2n) is 5.82. The van der Waals surface area contributed by atoms with Gasteiger partial charge in [0.1, 0.15) is 5.82 Å². The zero-order valence-corrected chi connectivity index (χ0v) is 15.7. The highest BCUT2D eigenvalue weighted by Gasteiger charge is 2.34. The first kappa shape index (κ1) is 21.7. The van der Waals surface area contributed by atoms with Gasteiger partial charge in [-0.25, -0.2) is 4.39 Å². The number of benzene rings is 2. The van der Waals surface area contributed by atoms with Crippen molar-refractivity contribution in [3.05, 3.63) is 59.4 Å². The molecular weight excluding hydrogens is 396 g/mol. The Bertz CT molecular complexity index is 839. The van der Waals surface area contributed by atoms with Crippen LogP contribution in [0.25, 0.3) is 0 Å². The van der Waals surface area contributed by atoms with Gasteiger partial charge in [-0.3, -0.25) is 9.59 Å². The molecule has 2 N–H and O–H groups in total. The van der Waals surface area contributed by atoms with E-state index < -0.39 is 29.4 Å². The van der Waals surface area contributed by atoms with Gasteiger partial charge in [0.25, 0.3) is 5.91 Å². The van der Waals surface area contributed by atoms with Crippen LogP contribution in [0.2, 0.25) is 0 Å². The minimum absolute atomic E-state index is 0.0498. The molecular formula is C19H18F4N2O2S. The normalized spacial score (nSPS) is 11.2. The Balaban J connectivity index is 2.18. The lowest BCUT2D eigenvalue weighted by Gasteiger charge is -2.16. The van der Waals surface area contributed by atoms with Crippen LogP contribution in [0.5, 0.6) is 0 Å². The van der Waals surface area contributed by atoms with Gasteiger partial charge < -0.3 is 10.6 Å². The number of nitrogens with one attached hydrogen (secondary N) is 2. The molecule has 0 unspecified atom stereocenters. The van der Waals surface area contributed by atoms with Crippen molar-refractivity contribution in [3.63, 3.8) is 0 Å². The van der Waals surface area contributed by atoms with E-state index in [1.54, 1.807) is 0 Å². The highest BCUT2D eigenvalue weighted by atomic mass is 32.2. The summed E-state index contributed by atoms with van der Waals surface area (Å²) in [5, 5.41) is 4.59. The number of amides is 2. The molecule has 0 spiro atoms. The van der Waals surface area contributed by atoms with E-state index in [4.69, 9.17) is 0 Å². The van der Waals surface area contributed by atoms with E-state index in [0.29, 0.717) is 0 Å². The van der Waals surface area contributed by atoms with Crippen molar-refractivity contribution in [1.82, 2.24) is 0 Å². The van der Waals surface area contributed by atoms with Crippen LogP contribution in [0.4, 0.5) is 28.9 Å². The summed E-state index contributed by atoms with van der Waals surface area (Å²) in [6.07, 6.45) is -3.87. The lowest BCUT2D eigenvalue weighted by Crippen LogP contribution is -2.19. The van der Waals surface area contributed by atoms with Gasteiger partial charge in [0.15, 0.2) is 0 Å². The Labute approximate surface area is 163 Å². The van der Waals surface area contributed by atoms with Gasteiger partial charge in [0.05, 0.1) is 17.0 Å². The quantitative estimate of drug-likeness (QED) is 0.485. The number of halogens is 4. The summed E-state index contributed by atoms with van der Waals surface area (Å²) < 4.78 is 53.1. The Morgan fingerprint density at radius 1 is 1.04 bits per heavy atom. The number of alkyl halides is 3. The summed E-state index contributed by atoms with van der Waals surface area (Å²) in [4.78, 5) is 24.0. The largest absolute Gasteiger partial charge is 0.418 e. The molecule has 2 aromatic rings. The minimum Gasteiger partial charge on any atom is -0.325 e. The predicted octanol–water partition coefficient (Wildman–Crippen LogP) is 5.18. The van der Waals surface area contributed by atoms with Crippen LogP contribution in [0.1, 0.15) is 29.3 Å². The van der Waals surface area contributed by atoms with Crippen molar-refractivity contribution in [1.29, 1.82) is 0 Å². The maximum atomic E-state index is 13.4. The van der Waals surface area contributed by atoms with Crippen molar-refractivity contribution in [2.45, 2.75) is 19.5 Å². The fourth-order valence-corrected chi connectivity index (χ4v) is 2.96. The highest BCUT2D eigenvalue weighted by molar-refractivity contribution is 7.99. The second kappa shape index (κ2) is 9.59. The summed E-state index contributed by atoms with van der Waals surface area (Å²) in [5.74, 6) is -0.969. The van der Waals surface area contributed by atoms with Crippen LogP contribution >= 0.6 is 11.8 Å². The van der Waals surface area contributed by atoms with E-state index >= 15 is 0 Å². The van der Waals surface area contributed by atoms with Gasteiger partial charge in [0, 0.05) is 11.3 Å². The average Bonchev–Trinajstić information content (AvgIpc) is 2.63. The fourth-order valence-electron chi connectivity index (χ4n) is 2.27. The third-order valence-corrected chi connectivity index (χ3v) is 4.71. The third-order valence-electron chi connectivity index (χ3n) is 3.54. The molecule has 0 aromatic heterocycles. The van der Waals surface area contributed by atoms with E-state index in [-0.39, 0.29) is 22.7 Å². The zero-order valence-electron chi connectivity index (χ0n) is 14.9. The first-order chi connectivity index (χ1) is 13.2. The molecule has 0 saturated carbocycles. The standard InChI is InChI=1S/C19H18F4N2O2S/c1-2-9-28-11-17(26)25-16-8-7-14(10-15(16)19(21,22)23)24-18(27)12-3-5-13(20)6-4-12/h3-8,10H,2,9,11H2,1H3,(H,24,27)(H,25,26). The van der Waals surface area contributed by atoms with E-state index in [0.717, 1.165) is 36.4 Å². The van der Waals surface area contributed by atoms with Crippen LogP contribution in [0, 0.1) is 5.82 Å². The molecule has 0 aliphatic heterocycles. The number of thioether (sulfide) groups is 1. The third kappa shape index (κ3) is 6.26. The molecule has 0 atom stereocenters. The van der Waals surface area contributed by atoms with E-state index in [1.165, 1.54) is 30.0 Å². The summed E-state index contributed by atoms with van der Waals surface area (Å²) in [7, 11) is 0. The van der Waals surface area contributed by atoms with Crippen LogP contribution in [-0.4, -0.2) is 23.3 Å². The van der Waals surface area contributed by atoms with E-state index in [2.05, 4.69) is 10.6 Å². The monoisotopic (exact) mass is 414 g/mol. The Hall–Kier alpha value is -2.55.